The summed E-state index contributed by atoms with van der Waals surface area (Å²) in [4.78, 5) is 11.8. The molecule has 2 unspecified atom stereocenters. The van der Waals surface area contributed by atoms with Crippen LogP contribution in [0.25, 0.3) is 0 Å². The average molecular weight is 254 g/mol. The van der Waals surface area contributed by atoms with Crippen LogP contribution >= 0.6 is 11.6 Å². The fourth-order valence-corrected chi connectivity index (χ4v) is 2.53. The number of phenols is 1. The van der Waals surface area contributed by atoms with Gasteiger partial charge in [0.2, 0.25) is 0 Å². The highest BCUT2D eigenvalue weighted by molar-refractivity contribution is 6.21. The second kappa shape index (κ2) is 5.41. The minimum Gasteiger partial charge on any atom is -0.508 e. The van der Waals surface area contributed by atoms with Crippen LogP contribution in [0.4, 0.5) is 0 Å². The second-order valence-corrected chi connectivity index (χ2v) is 5.02. The summed E-state index contributed by atoms with van der Waals surface area (Å²) in [5, 5.41) is 12.2. The minimum atomic E-state index is -0.110. The molecule has 1 amide bonds. The Morgan fingerprint density at radius 1 is 1.35 bits per heavy atom. The molecule has 1 aliphatic rings. The van der Waals surface area contributed by atoms with Crippen molar-refractivity contribution in [3.8, 4) is 5.75 Å². The lowest BCUT2D eigenvalue weighted by atomic mass is 10.1. The molecule has 0 spiro atoms. The highest BCUT2D eigenvalue weighted by atomic mass is 35.5. The van der Waals surface area contributed by atoms with Crippen LogP contribution in [0.1, 0.15) is 29.6 Å². The zero-order valence-electron chi connectivity index (χ0n) is 9.53. The predicted octanol–water partition coefficient (Wildman–Crippen LogP) is 2.53. The molecule has 2 rings (SSSR count). The molecule has 1 aromatic rings. The number of halogens is 1. The Balaban J connectivity index is 1.87. The van der Waals surface area contributed by atoms with Crippen LogP contribution in [0.3, 0.4) is 0 Å². The third kappa shape index (κ3) is 3.13. The molecule has 0 aromatic heterocycles. The lowest BCUT2D eigenvalue weighted by Gasteiger charge is -2.14. The van der Waals surface area contributed by atoms with Gasteiger partial charge < -0.3 is 10.4 Å². The third-order valence-electron chi connectivity index (χ3n) is 3.22. The van der Waals surface area contributed by atoms with E-state index in [0.717, 1.165) is 19.3 Å². The van der Waals surface area contributed by atoms with Gasteiger partial charge in [-0.25, -0.2) is 0 Å². The lowest BCUT2D eigenvalue weighted by Crippen LogP contribution is -2.31. The highest BCUT2D eigenvalue weighted by Gasteiger charge is 2.25. The zero-order valence-corrected chi connectivity index (χ0v) is 10.3. The summed E-state index contributed by atoms with van der Waals surface area (Å²) in [5.41, 5.74) is 0.562. The number of aromatic hydroxyl groups is 1. The summed E-state index contributed by atoms with van der Waals surface area (Å²) >= 11 is 6.14. The third-order valence-corrected chi connectivity index (χ3v) is 3.80. The van der Waals surface area contributed by atoms with Crippen LogP contribution in [0.2, 0.25) is 0 Å². The van der Waals surface area contributed by atoms with E-state index in [0.29, 0.717) is 18.0 Å². The molecule has 1 saturated carbocycles. The fraction of sp³-hybridized carbons (Fsp3) is 0.462. The normalized spacial score (nSPS) is 23.6. The molecule has 1 aliphatic carbocycles. The van der Waals surface area contributed by atoms with Crippen molar-refractivity contribution in [3.05, 3.63) is 29.8 Å². The molecule has 0 bridgehead atoms. The maximum Gasteiger partial charge on any atom is 0.251 e. The van der Waals surface area contributed by atoms with E-state index < -0.39 is 0 Å². The molecule has 17 heavy (non-hydrogen) atoms. The quantitative estimate of drug-likeness (QED) is 0.814. The number of carbonyl (C=O) groups is 1. The first-order valence-electron chi connectivity index (χ1n) is 5.88. The van der Waals surface area contributed by atoms with Crippen LogP contribution in [0.15, 0.2) is 24.3 Å². The van der Waals surface area contributed by atoms with Crippen LogP contribution in [0, 0.1) is 5.92 Å². The Morgan fingerprint density at radius 2 is 2.06 bits per heavy atom. The lowest BCUT2D eigenvalue weighted by molar-refractivity contribution is 0.0947. The van der Waals surface area contributed by atoms with Gasteiger partial charge >= 0.3 is 0 Å². The molecular formula is C13H16ClNO2. The van der Waals surface area contributed by atoms with E-state index in [1.54, 1.807) is 12.1 Å². The first kappa shape index (κ1) is 12.2. The SMILES string of the molecule is O=C(NCC1CCCC1Cl)c1ccc(O)cc1. The molecule has 3 nitrogen and oxygen atoms in total. The maximum atomic E-state index is 11.8. The Bertz CT molecular complexity index is 391. The first-order chi connectivity index (χ1) is 8.16. The smallest absolute Gasteiger partial charge is 0.251 e. The molecule has 0 saturated heterocycles. The summed E-state index contributed by atoms with van der Waals surface area (Å²) in [6, 6.07) is 6.23. The highest BCUT2D eigenvalue weighted by Crippen LogP contribution is 2.29. The molecular weight excluding hydrogens is 238 g/mol. The fourth-order valence-electron chi connectivity index (χ4n) is 2.16. The molecule has 0 radical (unpaired) electrons. The molecule has 1 aromatic carbocycles. The molecule has 0 heterocycles. The van der Waals surface area contributed by atoms with Crippen LogP contribution < -0.4 is 5.32 Å². The van der Waals surface area contributed by atoms with Crippen molar-refractivity contribution >= 4 is 17.5 Å². The monoisotopic (exact) mass is 253 g/mol. The van der Waals surface area contributed by atoms with E-state index in [9.17, 15) is 4.79 Å². The largest absolute Gasteiger partial charge is 0.508 e. The van der Waals surface area contributed by atoms with Gasteiger partial charge in [0.1, 0.15) is 5.75 Å². The number of benzene rings is 1. The maximum absolute atomic E-state index is 11.8. The Labute approximate surface area is 106 Å². The number of amides is 1. The van der Waals surface area contributed by atoms with Crippen LogP contribution in [-0.2, 0) is 0 Å². The summed E-state index contributed by atoms with van der Waals surface area (Å²) in [5.74, 6) is 0.441. The van der Waals surface area contributed by atoms with Gasteiger partial charge in [0, 0.05) is 17.5 Å². The number of hydrogen-bond acceptors (Lipinski definition) is 2. The standard InChI is InChI=1S/C13H16ClNO2/c14-12-3-1-2-10(12)8-15-13(17)9-4-6-11(16)7-5-9/h4-7,10,12,16H,1-3,8H2,(H,15,17). The van der Waals surface area contributed by atoms with E-state index in [2.05, 4.69) is 5.32 Å². The average Bonchev–Trinajstić information content (AvgIpc) is 2.73. The summed E-state index contributed by atoms with van der Waals surface area (Å²) in [6.45, 7) is 0.633. The van der Waals surface area contributed by atoms with Gasteiger partial charge in [-0.05, 0) is 43.0 Å². The van der Waals surface area contributed by atoms with Gasteiger partial charge in [-0.15, -0.1) is 11.6 Å². The van der Waals surface area contributed by atoms with E-state index in [1.807, 2.05) is 0 Å². The van der Waals surface area contributed by atoms with Crippen molar-refractivity contribution in [3.63, 3.8) is 0 Å². The van der Waals surface area contributed by atoms with Crippen molar-refractivity contribution in [2.75, 3.05) is 6.54 Å². The van der Waals surface area contributed by atoms with Gasteiger partial charge in [0.25, 0.3) is 5.91 Å². The zero-order chi connectivity index (χ0) is 12.3. The van der Waals surface area contributed by atoms with Gasteiger partial charge in [0.15, 0.2) is 0 Å². The summed E-state index contributed by atoms with van der Waals surface area (Å²) in [6.07, 6.45) is 3.28. The number of hydrogen-bond donors (Lipinski definition) is 2. The number of alkyl halides is 1. The molecule has 1 fully saturated rings. The van der Waals surface area contributed by atoms with Gasteiger partial charge in [0.05, 0.1) is 0 Å². The van der Waals surface area contributed by atoms with Crippen molar-refractivity contribution in [2.45, 2.75) is 24.6 Å². The first-order valence-corrected chi connectivity index (χ1v) is 6.32. The van der Waals surface area contributed by atoms with Gasteiger partial charge in [-0.1, -0.05) is 6.42 Å². The van der Waals surface area contributed by atoms with E-state index in [1.165, 1.54) is 12.1 Å². The number of phenolic OH excluding ortho intramolecular Hbond substituents is 1. The number of rotatable bonds is 3. The van der Waals surface area contributed by atoms with Crippen molar-refractivity contribution < 1.29 is 9.90 Å². The molecule has 4 heteroatoms. The topological polar surface area (TPSA) is 49.3 Å². The van der Waals surface area contributed by atoms with Crippen LogP contribution in [-0.4, -0.2) is 22.9 Å². The van der Waals surface area contributed by atoms with Crippen molar-refractivity contribution in [1.82, 2.24) is 5.32 Å². The Morgan fingerprint density at radius 3 is 2.65 bits per heavy atom. The Kier molecular flexibility index (Phi) is 3.89. The molecule has 92 valence electrons. The molecule has 2 atom stereocenters. The van der Waals surface area contributed by atoms with E-state index in [4.69, 9.17) is 16.7 Å². The van der Waals surface area contributed by atoms with E-state index >= 15 is 0 Å². The summed E-state index contributed by atoms with van der Waals surface area (Å²) in [7, 11) is 0. The minimum absolute atomic E-state index is 0.110. The van der Waals surface area contributed by atoms with Crippen molar-refractivity contribution in [2.24, 2.45) is 5.92 Å². The van der Waals surface area contributed by atoms with Crippen LogP contribution in [0.5, 0.6) is 5.75 Å². The summed E-state index contributed by atoms with van der Waals surface area (Å²) < 4.78 is 0. The van der Waals surface area contributed by atoms with Gasteiger partial charge in [-0.2, -0.15) is 0 Å². The number of carbonyl (C=O) groups excluding carboxylic acids is 1. The molecule has 0 aliphatic heterocycles. The second-order valence-electron chi connectivity index (χ2n) is 4.46. The van der Waals surface area contributed by atoms with Crippen molar-refractivity contribution in [1.29, 1.82) is 0 Å². The number of nitrogens with one attached hydrogen (secondary N) is 1. The molecule has 2 N–H and O–H groups in total. The Hall–Kier alpha value is -1.22. The van der Waals surface area contributed by atoms with E-state index in [-0.39, 0.29) is 17.0 Å². The van der Waals surface area contributed by atoms with Gasteiger partial charge in [-0.3, -0.25) is 4.79 Å². The predicted molar refractivity (Wildman–Crippen MR) is 67.4 cm³/mol.